The number of hydrogen-bond donors (Lipinski definition) is 1. The standard InChI is InChI=1S/C18H21N3O2/c22-18(19-14-9-11-21-10-5-4-8-16(14)21)15-12-17(23-20-15)13-6-2-1-3-7-13/h1-3,6-7,12,14,16H,4-5,8-11H2,(H,19,22)/t14-,16+/m0/s1. The third-order valence-corrected chi connectivity index (χ3v) is 4.97. The molecular weight excluding hydrogens is 290 g/mol. The SMILES string of the molecule is O=C(N[C@H]1CCN2CCCC[C@H]12)c1cc(-c2ccccc2)on1. The molecule has 2 aliphatic rings. The van der Waals surface area contributed by atoms with E-state index in [1.165, 1.54) is 25.8 Å². The van der Waals surface area contributed by atoms with Crippen molar-refractivity contribution in [3.63, 3.8) is 0 Å². The summed E-state index contributed by atoms with van der Waals surface area (Å²) in [7, 11) is 0. The summed E-state index contributed by atoms with van der Waals surface area (Å²) >= 11 is 0. The lowest BCUT2D eigenvalue weighted by molar-refractivity contribution is 0.0906. The highest BCUT2D eigenvalue weighted by Crippen LogP contribution is 2.27. The van der Waals surface area contributed by atoms with E-state index < -0.39 is 0 Å². The van der Waals surface area contributed by atoms with Gasteiger partial charge >= 0.3 is 0 Å². The number of carbonyl (C=O) groups is 1. The molecule has 5 nitrogen and oxygen atoms in total. The number of nitrogens with one attached hydrogen (secondary N) is 1. The summed E-state index contributed by atoms with van der Waals surface area (Å²) in [5.74, 6) is 0.495. The van der Waals surface area contributed by atoms with Gasteiger partial charge < -0.3 is 9.84 Å². The van der Waals surface area contributed by atoms with E-state index in [0.717, 1.165) is 18.5 Å². The molecule has 2 fully saturated rings. The molecule has 0 saturated carbocycles. The van der Waals surface area contributed by atoms with E-state index in [4.69, 9.17) is 4.52 Å². The highest BCUT2D eigenvalue weighted by Gasteiger charge is 2.36. The van der Waals surface area contributed by atoms with Crippen LogP contribution in [-0.4, -0.2) is 41.1 Å². The van der Waals surface area contributed by atoms with Crippen molar-refractivity contribution in [1.29, 1.82) is 0 Å². The molecule has 0 aliphatic carbocycles. The van der Waals surface area contributed by atoms with Gasteiger partial charge in [0.2, 0.25) is 0 Å². The number of amides is 1. The van der Waals surface area contributed by atoms with Gasteiger partial charge in [-0.25, -0.2) is 0 Å². The second kappa shape index (κ2) is 6.16. The Kier molecular flexibility index (Phi) is 3.87. The van der Waals surface area contributed by atoms with E-state index in [9.17, 15) is 4.79 Å². The van der Waals surface area contributed by atoms with E-state index in [1.54, 1.807) is 6.07 Å². The second-order valence-electron chi connectivity index (χ2n) is 6.41. The van der Waals surface area contributed by atoms with E-state index in [0.29, 0.717) is 17.5 Å². The molecule has 1 aromatic heterocycles. The van der Waals surface area contributed by atoms with E-state index >= 15 is 0 Å². The van der Waals surface area contributed by atoms with Crippen molar-refractivity contribution >= 4 is 5.91 Å². The molecule has 2 aromatic rings. The molecule has 4 rings (SSSR count). The van der Waals surface area contributed by atoms with E-state index in [-0.39, 0.29) is 11.9 Å². The van der Waals surface area contributed by atoms with Gasteiger partial charge in [0, 0.05) is 30.3 Å². The van der Waals surface area contributed by atoms with Crippen LogP contribution in [-0.2, 0) is 0 Å². The van der Waals surface area contributed by atoms with Crippen molar-refractivity contribution in [1.82, 2.24) is 15.4 Å². The minimum absolute atomic E-state index is 0.131. The zero-order valence-electron chi connectivity index (χ0n) is 13.1. The Hall–Kier alpha value is -2.14. The van der Waals surface area contributed by atoms with Crippen LogP contribution in [0.25, 0.3) is 11.3 Å². The predicted octanol–water partition coefficient (Wildman–Crippen LogP) is 2.70. The molecule has 0 spiro atoms. The first-order valence-electron chi connectivity index (χ1n) is 8.38. The lowest BCUT2D eigenvalue weighted by Crippen LogP contribution is -2.46. The second-order valence-corrected chi connectivity index (χ2v) is 6.41. The number of aromatic nitrogens is 1. The molecular formula is C18H21N3O2. The van der Waals surface area contributed by atoms with Crippen LogP contribution in [0.1, 0.15) is 36.2 Å². The molecule has 1 amide bonds. The fourth-order valence-electron chi connectivity index (χ4n) is 3.78. The lowest BCUT2D eigenvalue weighted by Gasteiger charge is -2.32. The highest BCUT2D eigenvalue weighted by molar-refractivity contribution is 5.93. The summed E-state index contributed by atoms with van der Waals surface area (Å²) in [5, 5.41) is 7.09. The maximum absolute atomic E-state index is 12.5. The van der Waals surface area contributed by atoms with Crippen LogP contribution in [0.5, 0.6) is 0 Å². The predicted molar refractivity (Wildman–Crippen MR) is 87.0 cm³/mol. The zero-order chi connectivity index (χ0) is 15.6. The first kappa shape index (κ1) is 14.5. The number of piperidine rings is 1. The van der Waals surface area contributed by atoms with E-state index in [1.807, 2.05) is 30.3 Å². The molecule has 2 saturated heterocycles. The van der Waals surface area contributed by atoms with Crippen LogP contribution in [0, 0.1) is 0 Å². The Balaban J connectivity index is 1.45. The van der Waals surface area contributed by atoms with E-state index in [2.05, 4.69) is 15.4 Å². The average Bonchev–Trinajstić information content (AvgIpc) is 3.24. The monoisotopic (exact) mass is 311 g/mol. The average molecular weight is 311 g/mol. The molecule has 0 unspecified atom stereocenters. The topological polar surface area (TPSA) is 58.4 Å². The number of fused-ring (bicyclic) bond motifs is 1. The highest BCUT2D eigenvalue weighted by atomic mass is 16.5. The van der Waals surface area contributed by atoms with Crippen LogP contribution in [0.4, 0.5) is 0 Å². The van der Waals surface area contributed by atoms with Crippen molar-refractivity contribution in [2.24, 2.45) is 0 Å². The van der Waals surface area contributed by atoms with Crippen LogP contribution in [0.3, 0.4) is 0 Å². The molecule has 0 radical (unpaired) electrons. The smallest absolute Gasteiger partial charge is 0.273 e. The first-order chi connectivity index (χ1) is 11.3. The summed E-state index contributed by atoms with van der Waals surface area (Å²) in [5.41, 5.74) is 1.29. The van der Waals surface area contributed by atoms with Gasteiger partial charge in [-0.15, -0.1) is 0 Å². The summed E-state index contributed by atoms with van der Waals surface area (Å²) in [4.78, 5) is 15.0. The Labute approximate surface area is 135 Å². The quantitative estimate of drug-likeness (QED) is 0.947. The number of benzene rings is 1. The van der Waals surface area contributed by atoms with Gasteiger partial charge in [-0.05, 0) is 25.8 Å². The largest absolute Gasteiger partial charge is 0.355 e. The van der Waals surface area contributed by atoms with Crippen molar-refractivity contribution in [3.05, 3.63) is 42.1 Å². The van der Waals surface area contributed by atoms with Crippen LogP contribution >= 0.6 is 0 Å². The molecule has 1 N–H and O–H groups in total. The first-order valence-corrected chi connectivity index (χ1v) is 8.38. The summed E-state index contributed by atoms with van der Waals surface area (Å²) in [6.07, 6.45) is 4.75. The summed E-state index contributed by atoms with van der Waals surface area (Å²) in [6, 6.07) is 12.2. The van der Waals surface area contributed by atoms with Gasteiger partial charge in [-0.3, -0.25) is 9.69 Å². The van der Waals surface area contributed by atoms with Crippen molar-refractivity contribution in [3.8, 4) is 11.3 Å². The minimum atomic E-state index is -0.131. The Morgan fingerprint density at radius 3 is 2.91 bits per heavy atom. The normalized spacial score (nSPS) is 24.3. The Bertz CT molecular complexity index is 683. The molecule has 0 bridgehead atoms. The van der Waals surface area contributed by atoms with Gasteiger partial charge in [-0.2, -0.15) is 0 Å². The number of hydrogen-bond acceptors (Lipinski definition) is 4. The summed E-state index contributed by atoms with van der Waals surface area (Å²) < 4.78 is 5.32. The Morgan fingerprint density at radius 1 is 1.17 bits per heavy atom. The number of carbonyl (C=O) groups excluding carboxylic acids is 1. The van der Waals surface area contributed by atoms with Crippen molar-refractivity contribution in [2.45, 2.75) is 37.8 Å². The maximum atomic E-state index is 12.5. The number of rotatable bonds is 3. The molecule has 2 aliphatic heterocycles. The van der Waals surface area contributed by atoms with Crippen LogP contribution < -0.4 is 5.32 Å². The van der Waals surface area contributed by atoms with Gasteiger partial charge in [0.15, 0.2) is 11.5 Å². The van der Waals surface area contributed by atoms with Crippen molar-refractivity contribution in [2.75, 3.05) is 13.1 Å². The van der Waals surface area contributed by atoms with Gasteiger partial charge in [-0.1, -0.05) is 41.9 Å². The van der Waals surface area contributed by atoms with Gasteiger partial charge in [0.1, 0.15) is 0 Å². The molecule has 120 valence electrons. The minimum Gasteiger partial charge on any atom is -0.355 e. The van der Waals surface area contributed by atoms with Crippen LogP contribution in [0.2, 0.25) is 0 Å². The molecule has 3 heterocycles. The molecule has 23 heavy (non-hydrogen) atoms. The third kappa shape index (κ3) is 2.88. The Morgan fingerprint density at radius 2 is 2.04 bits per heavy atom. The fourth-order valence-corrected chi connectivity index (χ4v) is 3.78. The fraction of sp³-hybridized carbons (Fsp3) is 0.444. The third-order valence-electron chi connectivity index (χ3n) is 4.97. The maximum Gasteiger partial charge on any atom is 0.273 e. The van der Waals surface area contributed by atoms with Gasteiger partial charge in [0.25, 0.3) is 5.91 Å². The van der Waals surface area contributed by atoms with Crippen LogP contribution in [0.15, 0.2) is 40.9 Å². The lowest BCUT2D eigenvalue weighted by atomic mass is 9.99. The zero-order valence-corrected chi connectivity index (χ0v) is 13.1. The molecule has 1 aromatic carbocycles. The summed E-state index contributed by atoms with van der Waals surface area (Å²) in [6.45, 7) is 2.25. The number of nitrogens with zero attached hydrogens (tertiary/aromatic N) is 2. The molecule has 5 heteroatoms. The van der Waals surface area contributed by atoms with Crippen molar-refractivity contribution < 1.29 is 9.32 Å². The van der Waals surface area contributed by atoms with Gasteiger partial charge in [0.05, 0.1) is 0 Å². The molecule has 2 atom stereocenters.